The Bertz CT molecular complexity index is 1130. The molecule has 2 aromatic rings. The maximum absolute atomic E-state index is 12.7. The Hall–Kier alpha value is -3.07. The molecular formula is C27H40N6O3. The van der Waals surface area contributed by atoms with Crippen molar-refractivity contribution < 1.29 is 14.3 Å². The van der Waals surface area contributed by atoms with Crippen molar-refractivity contribution >= 4 is 29.0 Å². The molecule has 9 nitrogen and oxygen atoms in total. The molecular weight excluding hydrogens is 456 g/mol. The summed E-state index contributed by atoms with van der Waals surface area (Å²) >= 11 is 0. The molecule has 1 aromatic carbocycles. The average molecular weight is 497 g/mol. The second kappa shape index (κ2) is 9.10. The average Bonchev–Trinajstić information content (AvgIpc) is 2.78. The molecule has 0 saturated carbocycles. The molecule has 9 heteroatoms. The molecule has 1 amide bonds. The molecule has 4 rings (SSSR count). The van der Waals surface area contributed by atoms with Gasteiger partial charge in [0.25, 0.3) is 5.91 Å². The number of rotatable bonds is 6. The number of anilines is 4. The van der Waals surface area contributed by atoms with Crippen LogP contribution in [0.5, 0.6) is 11.5 Å². The first kappa shape index (κ1) is 26.0. The Labute approximate surface area is 214 Å². The van der Waals surface area contributed by atoms with Crippen LogP contribution in [-0.4, -0.2) is 64.2 Å². The first-order valence-electron chi connectivity index (χ1n) is 12.6. The second-order valence-corrected chi connectivity index (χ2v) is 11.5. The van der Waals surface area contributed by atoms with Crippen molar-refractivity contribution in [3.8, 4) is 11.5 Å². The number of nitrogens with zero attached hydrogens (tertiary/aromatic N) is 4. The maximum Gasteiger partial charge on any atom is 0.270 e. The summed E-state index contributed by atoms with van der Waals surface area (Å²) in [4.78, 5) is 26.1. The zero-order chi connectivity index (χ0) is 26.5. The Morgan fingerprint density at radius 1 is 1.14 bits per heavy atom. The highest BCUT2D eigenvalue weighted by molar-refractivity contribution is 6.02. The molecule has 0 spiro atoms. The fourth-order valence-corrected chi connectivity index (χ4v) is 5.44. The third kappa shape index (κ3) is 4.81. The van der Waals surface area contributed by atoms with Crippen molar-refractivity contribution in [1.29, 1.82) is 0 Å². The number of carbonyl (C=O) groups is 1. The normalized spacial score (nSPS) is 20.9. The number of ether oxygens (including phenoxy) is 2. The Morgan fingerprint density at radius 3 is 2.42 bits per heavy atom. The first-order valence-corrected chi connectivity index (χ1v) is 12.6. The van der Waals surface area contributed by atoms with Crippen molar-refractivity contribution in [3.05, 3.63) is 24.4 Å². The number of hydrogen-bond acceptors (Lipinski definition) is 8. The number of likely N-dealkylation sites (N-methyl/N-ethyl adjacent to an activating group) is 1. The summed E-state index contributed by atoms with van der Waals surface area (Å²) in [6.07, 6.45) is 3.64. The summed E-state index contributed by atoms with van der Waals surface area (Å²) < 4.78 is 11.6. The van der Waals surface area contributed by atoms with E-state index in [1.165, 1.54) is 0 Å². The van der Waals surface area contributed by atoms with Gasteiger partial charge in [-0.3, -0.25) is 9.69 Å². The smallest absolute Gasteiger partial charge is 0.270 e. The third-order valence-electron chi connectivity index (χ3n) is 7.57. The van der Waals surface area contributed by atoms with Crippen LogP contribution in [0.3, 0.4) is 0 Å². The van der Waals surface area contributed by atoms with Crippen LogP contribution < -0.4 is 25.0 Å². The van der Waals surface area contributed by atoms with Crippen LogP contribution in [0.4, 0.5) is 23.1 Å². The molecule has 36 heavy (non-hydrogen) atoms. The molecule has 0 radical (unpaired) electrons. The number of piperidine rings is 1. The Morgan fingerprint density at radius 2 is 1.81 bits per heavy atom. The van der Waals surface area contributed by atoms with E-state index in [9.17, 15) is 4.79 Å². The van der Waals surface area contributed by atoms with Crippen LogP contribution in [0.15, 0.2) is 24.4 Å². The lowest BCUT2D eigenvalue weighted by molar-refractivity contribution is -0.132. The highest BCUT2D eigenvalue weighted by Gasteiger charge is 2.43. The van der Waals surface area contributed by atoms with Gasteiger partial charge in [-0.1, -0.05) is 0 Å². The van der Waals surface area contributed by atoms with Gasteiger partial charge in [-0.05, 0) is 80.5 Å². The van der Waals surface area contributed by atoms with Crippen molar-refractivity contribution in [1.82, 2.24) is 14.9 Å². The zero-order valence-electron chi connectivity index (χ0n) is 23.0. The van der Waals surface area contributed by atoms with Gasteiger partial charge in [-0.25, -0.2) is 4.98 Å². The standard InChI is InChI=1S/C27H40N6O3/c1-10-33-19-12-11-17(13-20(19)36-27(6,7)23(33)34)30-24-28-16-21(35-9)22(31-24)29-18-14-25(2,3)32(8)26(4,5)15-18/h11-13,16,18H,10,14-15H2,1-9H3,(H2,28,29,30,31). The van der Waals surface area contributed by atoms with Crippen molar-refractivity contribution in [2.75, 3.05) is 36.2 Å². The number of methoxy groups -OCH3 is 1. The van der Waals surface area contributed by atoms with Crippen LogP contribution in [0.25, 0.3) is 0 Å². The lowest BCUT2D eigenvalue weighted by atomic mass is 9.77. The largest absolute Gasteiger partial charge is 0.491 e. The van der Waals surface area contributed by atoms with E-state index in [-0.39, 0.29) is 23.0 Å². The fraction of sp³-hybridized carbons (Fsp3) is 0.593. The molecule has 0 atom stereocenters. The van der Waals surface area contributed by atoms with Crippen LogP contribution in [0.1, 0.15) is 61.3 Å². The van der Waals surface area contributed by atoms with E-state index in [2.05, 4.69) is 55.3 Å². The number of benzene rings is 1. The maximum atomic E-state index is 12.7. The van der Waals surface area contributed by atoms with Crippen LogP contribution in [-0.2, 0) is 4.79 Å². The van der Waals surface area contributed by atoms with Gasteiger partial charge in [-0.2, -0.15) is 4.98 Å². The highest BCUT2D eigenvalue weighted by Crippen LogP contribution is 2.41. The van der Waals surface area contributed by atoms with E-state index in [1.54, 1.807) is 32.1 Å². The van der Waals surface area contributed by atoms with Crippen molar-refractivity contribution in [2.45, 2.75) is 84.0 Å². The SMILES string of the molecule is CCN1C(=O)C(C)(C)Oc2cc(Nc3ncc(OC)c(NC4CC(C)(C)N(C)C(C)(C)C4)n3)ccc21. The minimum Gasteiger partial charge on any atom is -0.491 e. The quantitative estimate of drug-likeness (QED) is 0.588. The Kier molecular flexibility index (Phi) is 6.58. The van der Waals surface area contributed by atoms with Crippen molar-refractivity contribution in [2.24, 2.45) is 0 Å². The predicted molar refractivity (Wildman–Crippen MR) is 144 cm³/mol. The van der Waals surface area contributed by atoms with Crippen molar-refractivity contribution in [3.63, 3.8) is 0 Å². The number of likely N-dealkylation sites (tertiary alicyclic amines) is 1. The van der Waals surface area contributed by atoms with E-state index in [4.69, 9.17) is 14.5 Å². The predicted octanol–water partition coefficient (Wildman–Crippen LogP) is 4.82. The monoisotopic (exact) mass is 496 g/mol. The summed E-state index contributed by atoms with van der Waals surface area (Å²) in [6.45, 7) is 15.2. The van der Waals surface area contributed by atoms with Gasteiger partial charge < -0.3 is 25.0 Å². The molecule has 1 saturated heterocycles. The summed E-state index contributed by atoms with van der Waals surface area (Å²) in [7, 11) is 3.82. The second-order valence-electron chi connectivity index (χ2n) is 11.5. The molecule has 1 aromatic heterocycles. The Balaban J connectivity index is 1.58. The minimum absolute atomic E-state index is 0.0470. The summed E-state index contributed by atoms with van der Waals surface area (Å²) in [5, 5.41) is 6.91. The highest BCUT2D eigenvalue weighted by atomic mass is 16.5. The van der Waals surface area contributed by atoms with Gasteiger partial charge in [0.05, 0.1) is 19.0 Å². The van der Waals surface area contributed by atoms with E-state index >= 15 is 0 Å². The zero-order valence-corrected chi connectivity index (χ0v) is 23.0. The summed E-state index contributed by atoms with van der Waals surface area (Å²) in [5.41, 5.74) is 0.701. The van der Waals surface area contributed by atoms with Gasteiger partial charge in [0.15, 0.2) is 17.2 Å². The molecule has 2 aliphatic rings. The number of carbonyl (C=O) groups excluding carboxylic acids is 1. The third-order valence-corrected chi connectivity index (χ3v) is 7.57. The molecule has 196 valence electrons. The summed E-state index contributed by atoms with van der Waals surface area (Å²) in [5.74, 6) is 2.31. The molecule has 3 heterocycles. The topological polar surface area (TPSA) is 91.8 Å². The first-order chi connectivity index (χ1) is 16.8. The van der Waals surface area contributed by atoms with E-state index in [1.807, 2.05) is 25.1 Å². The van der Waals surface area contributed by atoms with E-state index < -0.39 is 5.60 Å². The minimum atomic E-state index is -0.926. The summed E-state index contributed by atoms with van der Waals surface area (Å²) in [6, 6.07) is 5.91. The molecule has 0 unspecified atom stereocenters. The molecule has 1 fully saturated rings. The van der Waals surface area contributed by atoms with Crippen LogP contribution in [0, 0.1) is 0 Å². The van der Waals surface area contributed by atoms with Gasteiger partial charge in [0, 0.05) is 35.4 Å². The number of amides is 1. The molecule has 0 aliphatic carbocycles. The van der Waals surface area contributed by atoms with Gasteiger partial charge in [0.1, 0.15) is 5.75 Å². The number of fused-ring (bicyclic) bond motifs is 1. The van der Waals surface area contributed by atoms with E-state index in [0.717, 1.165) is 24.2 Å². The fourth-order valence-electron chi connectivity index (χ4n) is 5.44. The van der Waals surface area contributed by atoms with Crippen LogP contribution >= 0.6 is 0 Å². The molecule has 2 N–H and O–H groups in total. The van der Waals surface area contributed by atoms with E-state index in [0.29, 0.717) is 29.8 Å². The molecule has 2 aliphatic heterocycles. The lowest BCUT2D eigenvalue weighted by Crippen LogP contribution is -2.61. The van der Waals surface area contributed by atoms with Crippen LogP contribution in [0.2, 0.25) is 0 Å². The number of nitrogens with one attached hydrogen (secondary N) is 2. The lowest BCUT2D eigenvalue weighted by Gasteiger charge is -2.53. The van der Waals surface area contributed by atoms with Gasteiger partial charge in [-0.15, -0.1) is 0 Å². The molecule has 0 bridgehead atoms. The number of aromatic nitrogens is 2. The van der Waals surface area contributed by atoms with Gasteiger partial charge in [0.2, 0.25) is 5.95 Å². The van der Waals surface area contributed by atoms with Gasteiger partial charge >= 0.3 is 0 Å². The number of hydrogen-bond donors (Lipinski definition) is 2.